The van der Waals surface area contributed by atoms with Crippen LogP contribution in [-0.2, 0) is 9.53 Å². The second-order valence-electron chi connectivity index (χ2n) is 6.00. The van der Waals surface area contributed by atoms with Crippen LogP contribution in [0.1, 0.15) is 32.6 Å². The summed E-state index contributed by atoms with van der Waals surface area (Å²) >= 11 is 0. The molecule has 0 radical (unpaired) electrons. The van der Waals surface area contributed by atoms with Gasteiger partial charge in [-0.05, 0) is 39.7 Å². The van der Waals surface area contributed by atoms with Crippen LogP contribution in [0.5, 0.6) is 0 Å². The van der Waals surface area contributed by atoms with E-state index in [9.17, 15) is 4.79 Å². The summed E-state index contributed by atoms with van der Waals surface area (Å²) in [5.41, 5.74) is 5.92. The smallest absolute Gasteiger partial charge is 0.236 e. The van der Waals surface area contributed by atoms with Crippen molar-refractivity contribution in [1.29, 1.82) is 0 Å². The Labute approximate surface area is 116 Å². The molecule has 2 fully saturated rings. The molecule has 1 aliphatic heterocycles. The van der Waals surface area contributed by atoms with Crippen LogP contribution in [0.4, 0.5) is 0 Å². The van der Waals surface area contributed by atoms with Crippen LogP contribution in [-0.4, -0.2) is 67.2 Å². The molecule has 2 rings (SSSR count). The third-order valence-electron chi connectivity index (χ3n) is 4.34. The predicted molar refractivity (Wildman–Crippen MR) is 74.9 cm³/mol. The van der Waals surface area contributed by atoms with E-state index in [4.69, 9.17) is 10.5 Å². The Morgan fingerprint density at radius 1 is 1.37 bits per heavy atom. The third kappa shape index (κ3) is 4.16. The molecular weight excluding hydrogens is 242 g/mol. The molecule has 110 valence electrons. The number of likely N-dealkylation sites (N-methyl/N-ethyl adjacent to an activating group) is 1. The maximum Gasteiger partial charge on any atom is 0.236 e. The lowest BCUT2D eigenvalue weighted by Gasteiger charge is -2.36. The minimum atomic E-state index is 0.163. The highest BCUT2D eigenvalue weighted by Crippen LogP contribution is 2.21. The number of ether oxygens (including phenoxy) is 1. The van der Waals surface area contributed by atoms with E-state index in [-0.39, 0.29) is 12.0 Å². The van der Waals surface area contributed by atoms with Crippen LogP contribution in [0.3, 0.4) is 0 Å². The molecule has 19 heavy (non-hydrogen) atoms. The van der Waals surface area contributed by atoms with Gasteiger partial charge in [0.1, 0.15) is 0 Å². The second kappa shape index (κ2) is 6.68. The number of rotatable bonds is 3. The number of nitrogens with zero attached hydrogens (tertiary/aromatic N) is 2. The Bertz CT molecular complexity index is 303. The SMILES string of the molecule is CC1CN(C(=O)CN(C)C2CCC(N)CC2)CCO1. The van der Waals surface area contributed by atoms with E-state index in [1.807, 2.05) is 11.8 Å². The molecule has 0 bridgehead atoms. The van der Waals surface area contributed by atoms with Gasteiger partial charge >= 0.3 is 0 Å². The summed E-state index contributed by atoms with van der Waals surface area (Å²) < 4.78 is 5.47. The van der Waals surface area contributed by atoms with Gasteiger partial charge in [-0.2, -0.15) is 0 Å². The predicted octanol–water partition coefficient (Wildman–Crippen LogP) is 0.435. The average Bonchev–Trinajstić information content (AvgIpc) is 2.39. The van der Waals surface area contributed by atoms with Crippen molar-refractivity contribution in [1.82, 2.24) is 9.80 Å². The molecule has 1 aliphatic carbocycles. The van der Waals surface area contributed by atoms with Gasteiger partial charge in [0.2, 0.25) is 5.91 Å². The first-order valence-corrected chi connectivity index (χ1v) is 7.41. The zero-order chi connectivity index (χ0) is 13.8. The van der Waals surface area contributed by atoms with Crippen LogP contribution in [0.25, 0.3) is 0 Å². The topological polar surface area (TPSA) is 58.8 Å². The number of hydrogen-bond donors (Lipinski definition) is 1. The minimum Gasteiger partial charge on any atom is -0.375 e. The van der Waals surface area contributed by atoms with Gasteiger partial charge in [0.15, 0.2) is 0 Å². The molecule has 0 aromatic carbocycles. The fourth-order valence-electron chi connectivity index (χ4n) is 3.03. The van der Waals surface area contributed by atoms with Gasteiger partial charge in [-0.3, -0.25) is 9.69 Å². The molecule has 1 amide bonds. The first-order chi connectivity index (χ1) is 9.06. The molecule has 5 nitrogen and oxygen atoms in total. The fourth-order valence-corrected chi connectivity index (χ4v) is 3.03. The lowest BCUT2D eigenvalue weighted by atomic mass is 9.91. The lowest BCUT2D eigenvalue weighted by Crippen LogP contribution is -2.49. The highest BCUT2D eigenvalue weighted by atomic mass is 16.5. The van der Waals surface area contributed by atoms with Crippen LogP contribution in [0.2, 0.25) is 0 Å². The van der Waals surface area contributed by atoms with Crippen LogP contribution >= 0.6 is 0 Å². The number of carbonyl (C=O) groups excluding carboxylic acids is 1. The van der Waals surface area contributed by atoms with E-state index in [0.29, 0.717) is 25.2 Å². The summed E-state index contributed by atoms with van der Waals surface area (Å²) in [4.78, 5) is 16.4. The molecule has 5 heteroatoms. The van der Waals surface area contributed by atoms with Gasteiger partial charge in [0.25, 0.3) is 0 Å². The second-order valence-corrected chi connectivity index (χ2v) is 6.00. The zero-order valence-electron chi connectivity index (χ0n) is 12.2. The van der Waals surface area contributed by atoms with Crippen molar-refractivity contribution in [2.45, 2.75) is 50.8 Å². The molecule has 1 unspecified atom stereocenters. The Morgan fingerprint density at radius 3 is 2.68 bits per heavy atom. The minimum absolute atomic E-state index is 0.163. The van der Waals surface area contributed by atoms with E-state index < -0.39 is 0 Å². The fraction of sp³-hybridized carbons (Fsp3) is 0.929. The van der Waals surface area contributed by atoms with E-state index in [2.05, 4.69) is 11.9 Å². The maximum absolute atomic E-state index is 12.3. The van der Waals surface area contributed by atoms with E-state index in [1.165, 1.54) is 0 Å². The van der Waals surface area contributed by atoms with Gasteiger partial charge in [-0.1, -0.05) is 0 Å². The van der Waals surface area contributed by atoms with Crippen LogP contribution < -0.4 is 5.73 Å². The molecule has 1 saturated heterocycles. The Kier molecular flexibility index (Phi) is 5.19. The van der Waals surface area contributed by atoms with Gasteiger partial charge in [0.05, 0.1) is 19.3 Å². The number of nitrogens with two attached hydrogens (primary N) is 1. The van der Waals surface area contributed by atoms with Crippen LogP contribution in [0.15, 0.2) is 0 Å². The van der Waals surface area contributed by atoms with E-state index in [1.54, 1.807) is 0 Å². The van der Waals surface area contributed by atoms with Gasteiger partial charge < -0.3 is 15.4 Å². The lowest BCUT2D eigenvalue weighted by molar-refractivity contribution is -0.139. The summed E-state index contributed by atoms with van der Waals surface area (Å²) in [6, 6.07) is 0.877. The monoisotopic (exact) mass is 269 g/mol. The van der Waals surface area contributed by atoms with E-state index in [0.717, 1.165) is 38.8 Å². The van der Waals surface area contributed by atoms with Gasteiger partial charge in [-0.15, -0.1) is 0 Å². The van der Waals surface area contributed by atoms with Crippen molar-refractivity contribution < 1.29 is 9.53 Å². The molecule has 2 aliphatic rings. The summed E-state index contributed by atoms with van der Waals surface area (Å²) in [5.74, 6) is 0.229. The molecule has 0 aromatic rings. The number of carbonyl (C=O) groups is 1. The van der Waals surface area contributed by atoms with Gasteiger partial charge in [-0.25, -0.2) is 0 Å². The molecule has 1 atom stereocenters. The number of hydrogen-bond acceptors (Lipinski definition) is 4. The van der Waals surface area contributed by atoms with Crippen molar-refractivity contribution in [3.8, 4) is 0 Å². The highest BCUT2D eigenvalue weighted by molar-refractivity contribution is 5.78. The first kappa shape index (κ1) is 14.8. The third-order valence-corrected chi connectivity index (χ3v) is 4.34. The maximum atomic E-state index is 12.3. The number of amides is 1. The number of morpholine rings is 1. The largest absolute Gasteiger partial charge is 0.375 e. The standard InChI is InChI=1S/C14H27N3O2/c1-11-9-17(7-8-19-11)14(18)10-16(2)13-5-3-12(15)4-6-13/h11-13H,3-10,15H2,1-2H3. The molecule has 2 N–H and O–H groups in total. The van der Waals surface area contributed by atoms with Crippen molar-refractivity contribution in [2.24, 2.45) is 5.73 Å². The molecule has 0 aromatic heterocycles. The summed E-state index contributed by atoms with van der Waals surface area (Å²) in [5, 5.41) is 0. The molecule has 1 heterocycles. The van der Waals surface area contributed by atoms with Gasteiger partial charge in [0, 0.05) is 25.2 Å². The summed E-state index contributed by atoms with van der Waals surface area (Å²) in [6.07, 6.45) is 4.56. The Balaban J connectivity index is 1.78. The average molecular weight is 269 g/mol. The van der Waals surface area contributed by atoms with Crippen molar-refractivity contribution >= 4 is 5.91 Å². The van der Waals surface area contributed by atoms with Crippen molar-refractivity contribution in [3.63, 3.8) is 0 Å². The quantitative estimate of drug-likeness (QED) is 0.807. The van der Waals surface area contributed by atoms with E-state index >= 15 is 0 Å². The van der Waals surface area contributed by atoms with Crippen molar-refractivity contribution in [2.75, 3.05) is 33.3 Å². The van der Waals surface area contributed by atoms with Crippen LogP contribution in [0, 0.1) is 0 Å². The van der Waals surface area contributed by atoms with Crippen molar-refractivity contribution in [3.05, 3.63) is 0 Å². The molecular formula is C14H27N3O2. The zero-order valence-corrected chi connectivity index (χ0v) is 12.2. The Hall–Kier alpha value is -0.650. The summed E-state index contributed by atoms with van der Waals surface area (Å²) in [7, 11) is 2.06. The first-order valence-electron chi connectivity index (χ1n) is 7.41. The Morgan fingerprint density at radius 2 is 2.05 bits per heavy atom. The highest BCUT2D eigenvalue weighted by Gasteiger charge is 2.26. The normalized spacial score (nSPS) is 32.6. The molecule has 1 saturated carbocycles. The summed E-state index contributed by atoms with van der Waals surface area (Å²) in [6.45, 7) is 4.65. The molecule has 0 spiro atoms.